The molecule has 3 nitrogen and oxygen atoms in total. The second kappa shape index (κ2) is 8.18. The lowest BCUT2D eigenvalue weighted by Gasteiger charge is -2.21. The Bertz CT molecular complexity index is 287. The molecule has 0 aliphatic carbocycles. The molecule has 1 aromatic rings. The van der Waals surface area contributed by atoms with E-state index in [4.69, 9.17) is 0 Å². The predicted octanol–water partition coefficient (Wildman–Crippen LogP) is 3.34. The fraction of sp³-hybridized carbons (Fsp3) is 0.714. The van der Waals surface area contributed by atoms with Crippen molar-refractivity contribution in [2.75, 3.05) is 7.05 Å². The highest BCUT2D eigenvalue weighted by Gasteiger charge is 2.17. The Morgan fingerprint density at radius 2 is 1.94 bits per heavy atom. The van der Waals surface area contributed by atoms with Crippen molar-refractivity contribution in [1.82, 2.24) is 15.3 Å². The van der Waals surface area contributed by atoms with E-state index in [1.54, 1.807) is 0 Å². The van der Waals surface area contributed by atoms with E-state index in [1.165, 1.54) is 25.7 Å². The van der Waals surface area contributed by atoms with Gasteiger partial charge in [-0.25, -0.2) is 9.97 Å². The van der Waals surface area contributed by atoms with Crippen LogP contribution in [0.25, 0.3) is 0 Å². The summed E-state index contributed by atoms with van der Waals surface area (Å²) in [6, 6.07) is 2.16. The topological polar surface area (TPSA) is 37.8 Å². The first-order valence-electron chi connectivity index (χ1n) is 6.75. The van der Waals surface area contributed by atoms with Crippen molar-refractivity contribution < 1.29 is 0 Å². The molecule has 0 amide bonds. The normalized spacial score (nSPS) is 14.5. The van der Waals surface area contributed by atoms with Crippen LogP contribution in [0.3, 0.4) is 0 Å². The van der Waals surface area contributed by atoms with E-state index in [9.17, 15) is 0 Å². The molecular formula is C14H25N3. The molecule has 0 aromatic carbocycles. The Balaban J connectivity index is 2.56. The van der Waals surface area contributed by atoms with E-state index in [2.05, 4.69) is 29.1 Å². The van der Waals surface area contributed by atoms with E-state index < -0.39 is 0 Å². The van der Waals surface area contributed by atoms with Gasteiger partial charge in [0.05, 0.1) is 6.04 Å². The van der Waals surface area contributed by atoms with Crippen LogP contribution >= 0.6 is 0 Å². The number of nitrogens with zero attached hydrogens (tertiary/aromatic N) is 2. The molecule has 1 aromatic heterocycles. The first kappa shape index (κ1) is 14.1. The van der Waals surface area contributed by atoms with Gasteiger partial charge in [-0.3, -0.25) is 0 Å². The highest BCUT2D eigenvalue weighted by molar-refractivity contribution is 4.96. The summed E-state index contributed by atoms with van der Waals surface area (Å²) in [6.07, 6.45) is 9.94. The van der Waals surface area contributed by atoms with Gasteiger partial charge in [0.2, 0.25) is 0 Å². The van der Waals surface area contributed by atoms with Crippen LogP contribution in [0.4, 0.5) is 0 Å². The molecule has 0 fully saturated rings. The van der Waals surface area contributed by atoms with Crippen molar-refractivity contribution >= 4 is 0 Å². The van der Waals surface area contributed by atoms with Crippen LogP contribution in [-0.4, -0.2) is 17.0 Å². The van der Waals surface area contributed by atoms with Crippen molar-refractivity contribution in [3.63, 3.8) is 0 Å². The summed E-state index contributed by atoms with van der Waals surface area (Å²) in [5, 5.41) is 3.33. The standard InChI is InChI=1S/C14H25N3/c1-4-6-8-12(5-2)11-13(15-3)14-16-9-7-10-17-14/h7,9-10,12-13,15H,4-6,8,11H2,1-3H3. The van der Waals surface area contributed by atoms with Crippen molar-refractivity contribution in [1.29, 1.82) is 0 Å². The molecule has 1 N–H and O–H groups in total. The number of nitrogens with one attached hydrogen (secondary N) is 1. The molecule has 2 atom stereocenters. The van der Waals surface area contributed by atoms with Crippen LogP contribution in [-0.2, 0) is 0 Å². The monoisotopic (exact) mass is 235 g/mol. The quantitative estimate of drug-likeness (QED) is 0.751. The number of hydrogen-bond acceptors (Lipinski definition) is 3. The highest BCUT2D eigenvalue weighted by Crippen LogP contribution is 2.24. The second-order valence-electron chi connectivity index (χ2n) is 4.60. The molecule has 0 spiro atoms. The molecule has 96 valence electrons. The van der Waals surface area contributed by atoms with Crippen LogP contribution in [0.2, 0.25) is 0 Å². The third kappa shape index (κ3) is 4.82. The van der Waals surface area contributed by atoms with Gasteiger partial charge in [0.25, 0.3) is 0 Å². The molecule has 0 saturated carbocycles. The maximum atomic E-state index is 4.34. The summed E-state index contributed by atoms with van der Waals surface area (Å²) in [5.41, 5.74) is 0. The zero-order chi connectivity index (χ0) is 12.5. The maximum Gasteiger partial charge on any atom is 0.145 e. The molecule has 0 bridgehead atoms. The molecule has 1 heterocycles. The van der Waals surface area contributed by atoms with E-state index in [-0.39, 0.29) is 6.04 Å². The molecule has 0 saturated heterocycles. The average molecular weight is 235 g/mol. The van der Waals surface area contributed by atoms with Crippen molar-refractivity contribution in [3.8, 4) is 0 Å². The van der Waals surface area contributed by atoms with Crippen molar-refractivity contribution in [2.45, 2.75) is 52.0 Å². The molecular weight excluding hydrogens is 210 g/mol. The zero-order valence-corrected chi connectivity index (χ0v) is 11.3. The third-order valence-corrected chi connectivity index (χ3v) is 3.36. The fourth-order valence-electron chi connectivity index (χ4n) is 2.16. The minimum Gasteiger partial charge on any atom is -0.310 e. The smallest absolute Gasteiger partial charge is 0.145 e. The van der Waals surface area contributed by atoms with Gasteiger partial charge in [0, 0.05) is 12.4 Å². The average Bonchev–Trinajstić information content (AvgIpc) is 2.40. The van der Waals surface area contributed by atoms with E-state index in [0.29, 0.717) is 0 Å². The lowest BCUT2D eigenvalue weighted by molar-refractivity contribution is 0.356. The minimum absolute atomic E-state index is 0.290. The van der Waals surface area contributed by atoms with Gasteiger partial charge >= 0.3 is 0 Å². The van der Waals surface area contributed by atoms with Gasteiger partial charge in [-0.05, 0) is 25.5 Å². The van der Waals surface area contributed by atoms with Gasteiger partial charge in [0.1, 0.15) is 5.82 Å². The lowest BCUT2D eigenvalue weighted by atomic mass is 9.92. The lowest BCUT2D eigenvalue weighted by Crippen LogP contribution is -2.22. The highest BCUT2D eigenvalue weighted by atomic mass is 15.0. The zero-order valence-electron chi connectivity index (χ0n) is 11.3. The van der Waals surface area contributed by atoms with E-state index in [1.807, 2.05) is 25.5 Å². The van der Waals surface area contributed by atoms with Crippen LogP contribution < -0.4 is 5.32 Å². The predicted molar refractivity (Wildman–Crippen MR) is 71.8 cm³/mol. The van der Waals surface area contributed by atoms with E-state index >= 15 is 0 Å². The number of aromatic nitrogens is 2. The summed E-state index contributed by atoms with van der Waals surface area (Å²) in [4.78, 5) is 8.69. The molecule has 1 rings (SSSR count). The Kier molecular flexibility index (Phi) is 6.78. The Morgan fingerprint density at radius 1 is 1.24 bits per heavy atom. The Hall–Kier alpha value is -0.960. The number of hydrogen-bond donors (Lipinski definition) is 1. The molecule has 17 heavy (non-hydrogen) atoms. The molecule has 3 heteroatoms. The second-order valence-corrected chi connectivity index (χ2v) is 4.60. The minimum atomic E-state index is 0.290. The maximum absolute atomic E-state index is 4.34. The molecule has 0 aliphatic rings. The summed E-state index contributed by atoms with van der Waals surface area (Å²) in [5.74, 6) is 1.70. The van der Waals surface area contributed by atoms with E-state index in [0.717, 1.165) is 18.2 Å². The summed E-state index contributed by atoms with van der Waals surface area (Å²) in [7, 11) is 1.99. The fourth-order valence-corrected chi connectivity index (χ4v) is 2.16. The summed E-state index contributed by atoms with van der Waals surface area (Å²) >= 11 is 0. The molecule has 0 radical (unpaired) electrons. The molecule has 2 unspecified atom stereocenters. The Labute approximate surface area is 105 Å². The first-order valence-corrected chi connectivity index (χ1v) is 6.75. The van der Waals surface area contributed by atoms with Crippen molar-refractivity contribution in [3.05, 3.63) is 24.3 Å². The largest absolute Gasteiger partial charge is 0.310 e. The van der Waals surface area contributed by atoms with Gasteiger partial charge in [-0.1, -0.05) is 39.5 Å². The number of unbranched alkanes of at least 4 members (excludes halogenated alkanes) is 1. The SMILES string of the molecule is CCCCC(CC)CC(NC)c1ncccn1. The van der Waals surface area contributed by atoms with Crippen LogP contribution in [0.1, 0.15) is 57.8 Å². The van der Waals surface area contributed by atoms with Crippen molar-refractivity contribution in [2.24, 2.45) is 5.92 Å². The third-order valence-electron chi connectivity index (χ3n) is 3.36. The van der Waals surface area contributed by atoms with Gasteiger partial charge < -0.3 is 5.32 Å². The molecule has 0 aliphatic heterocycles. The van der Waals surface area contributed by atoms with Gasteiger partial charge in [-0.15, -0.1) is 0 Å². The number of rotatable bonds is 8. The van der Waals surface area contributed by atoms with Crippen LogP contribution in [0, 0.1) is 5.92 Å². The summed E-state index contributed by atoms with van der Waals surface area (Å²) in [6.45, 7) is 4.53. The van der Waals surface area contributed by atoms with Gasteiger partial charge in [-0.2, -0.15) is 0 Å². The van der Waals surface area contributed by atoms with Gasteiger partial charge in [0.15, 0.2) is 0 Å². The first-order chi connectivity index (χ1) is 8.31. The van der Waals surface area contributed by atoms with Crippen LogP contribution in [0.15, 0.2) is 18.5 Å². The van der Waals surface area contributed by atoms with Crippen LogP contribution in [0.5, 0.6) is 0 Å². The summed E-state index contributed by atoms with van der Waals surface area (Å²) < 4.78 is 0. The Morgan fingerprint density at radius 3 is 2.47 bits per heavy atom.